The van der Waals surface area contributed by atoms with Gasteiger partial charge in [0.15, 0.2) is 0 Å². The molecule has 11 heteroatoms. The van der Waals surface area contributed by atoms with Crippen molar-refractivity contribution in [3.8, 4) is 6.07 Å². The minimum Gasteiger partial charge on any atom is -0.466 e. The Balaban J connectivity index is 2.06. The summed E-state index contributed by atoms with van der Waals surface area (Å²) in [6.07, 6.45) is 3.82. The van der Waals surface area contributed by atoms with Crippen LogP contribution in [-0.2, 0) is 26.1 Å². The largest absolute Gasteiger partial charge is 0.466 e. The van der Waals surface area contributed by atoms with E-state index in [0.29, 0.717) is 71.9 Å². The number of thiocarbonyl (C=S) groups is 1. The lowest BCUT2D eigenvalue weighted by Crippen LogP contribution is -2.42. The summed E-state index contributed by atoms with van der Waals surface area (Å²) >= 11 is 6.63. The van der Waals surface area contributed by atoms with Crippen LogP contribution in [0, 0.1) is 24.2 Å². The maximum atomic E-state index is 13.1. The van der Waals surface area contributed by atoms with Gasteiger partial charge in [0, 0.05) is 46.0 Å². The first-order valence-corrected chi connectivity index (χ1v) is 12.8. The zero-order valence-corrected chi connectivity index (χ0v) is 22.1. The highest BCUT2D eigenvalue weighted by atomic mass is 32.2. The molecule has 0 radical (unpaired) electrons. The van der Waals surface area contributed by atoms with E-state index in [1.165, 1.54) is 16.3 Å². The number of carbonyl (C=O) groups is 2. The van der Waals surface area contributed by atoms with Crippen molar-refractivity contribution in [2.24, 2.45) is 13.0 Å². The van der Waals surface area contributed by atoms with E-state index >= 15 is 0 Å². The molecule has 2 saturated heterocycles. The second kappa shape index (κ2) is 11.8. The van der Waals surface area contributed by atoms with Crippen molar-refractivity contribution in [3.05, 3.63) is 31.9 Å². The first kappa shape index (κ1) is 26.9. The average Bonchev–Trinajstić information content (AvgIpc) is 3.10. The van der Waals surface area contributed by atoms with E-state index in [4.69, 9.17) is 21.7 Å². The fraction of sp³-hybridized carbons (Fsp3) is 0.542. The fourth-order valence-electron chi connectivity index (χ4n) is 4.41. The molecule has 0 saturated carbocycles. The number of methoxy groups -OCH3 is 1. The van der Waals surface area contributed by atoms with Gasteiger partial charge in [-0.25, -0.2) is 0 Å². The van der Waals surface area contributed by atoms with Gasteiger partial charge in [0.25, 0.3) is 11.5 Å². The Morgan fingerprint density at radius 2 is 2.11 bits per heavy atom. The molecule has 0 N–H and O–H groups in total. The molecule has 1 amide bonds. The van der Waals surface area contributed by atoms with Crippen LogP contribution in [0.2, 0.25) is 0 Å². The molecule has 2 fully saturated rings. The third-order valence-corrected chi connectivity index (χ3v) is 7.57. The van der Waals surface area contributed by atoms with Crippen molar-refractivity contribution in [2.75, 3.05) is 44.9 Å². The number of piperidine rings is 1. The number of anilines is 1. The van der Waals surface area contributed by atoms with E-state index < -0.39 is 5.56 Å². The fourth-order valence-corrected chi connectivity index (χ4v) is 5.70. The third kappa shape index (κ3) is 5.60. The van der Waals surface area contributed by atoms with Crippen molar-refractivity contribution in [3.63, 3.8) is 0 Å². The summed E-state index contributed by atoms with van der Waals surface area (Å²) in [5, 5.41) is 9.67. The van der Waals surface area contributed by atoms with Crippen molar-refractivity contribution < 1.29 is 19.1 Å². The zero-order valence-electron chi connectivity index (χ0n) is 20.5. The van der Waals surface area contributed by atoms with Gasteiger partial charge in [-0.3, -0.25) is 23.9 Å². The van der Waals surface area contributed by atoms with Crippen molar-refractivity contribution >= 4 is 52.1 Å². The van der Waals surface area contributed by atoms with Gasteiger partial charge in [-0.15, -0.1) is 0 Å². The van der Waals surface area contributed by atoms with Gasteiger partial charge in [0.1, 0.15) is 21.8 Å². The number of esters is 1. The van der Waals surface area contributed by atoms with Gasteiger partial charge in [0.05, 0.1) is 17.4 Å². The highest BCUT2D eigenvalue weighted by molar-refractivity contribution is 8.26. The summed E-state index contributed by atoms with van der Waals surface area (Å²) in [6, 6.07) is 2.01. The Morgan fingerprint density at radius 1 is 1.37 bits per heavy atom. The summed E-state index contributed by atoms with van der Waals surface area (Å²) in [4.78, 5) is 42.5. The molecule has 0 spiro atoms. The highest BCUT2D eigenvalue weighted by Gasteiger charge is 2.34. The Hall–Kier alpha value is -2.68. The van der Waals surface area contributed by atoms with Crippen LogP contribution >= 0.6 is 24.0 Å². The molecule has 2 aliphatic rings. The summed E-state index contributed by atoms with van der Waals surface area (Å²) < 4.78 is 12.2. The van der Waals surface area contributed by atoms with Crippen LogP contribution in [0.4, 0.5) is 5.82 Å². The Labute approximate surface area is 214 Å². The van der Waals surface area contributed by atoms with E-state index in [9.17, 15) is 19.6 Å². The predicted octanol–water partition coefficient (Wildman–Crippen LogP) is 2.58. The van der Waals surface area contributed by atoms with Crippen LogP contribution in [0.1, 0.15) is 42.9 Å². The second-order valence-corrected chi connectivity index (χ2v) is 10.1. The number of amides is 1. The lowest BCUT2D eigenvalue weighted by atomic mass is 9.96. The van der Waals surface area contributed by atoms with Crippen molar-refractivity contribution in [1.29, 1.82) is 5.26 Å². The standard InChI is InChI=1S/C24H30N4O5S2/c1-5-33-23(31)16-8-6-9-27(14-16)20-17(15(2)18(13-25)21(29)26(20)3)12-19-22(30)28(24(34)35-19)10-7-11-32-4/h12,16H,5-11,14H2,1-4H3/b19-12+. The molecular formula is C24H30N4O5S2. The van der Waals surface area contributed by atoms with E-state index in [1.807, 2.05) is 11.0 Å². The molecule has 188 valence electrons. The number of aromatic nitrogens is 1. The molecule has 3 rings (SSSR count). The number of ether oxygens (including phenoxy) is 2. The number of pyridine rings is 1. The molecule has 1 atom stereocenters. The van der Waals surface area contributed by atoms with Crippen molar-refractivity contribution in [2.45, 2.75) is 33.1 Å². The SMILES string of the molecule is CCOC(=O)C1CCCN(c2c(/C=C3/SC(=S)N(CCCOC)C3=O)c(C)c(C#N)c(=O)n2C)C1. The molecule has 1 aromatic rings. The molecule has 2 aliphatic heterocycles. The van der Waals surface area contributed by atoms with Gasteiger partial charge < -0.3 is 14.4 Å². The summed E-state index contributed by atoms with van der Waals surface area (Å²) in [6.45, 7) is 5.77. The lowest BCUT2D eigenvalue weighted by molar-refractivity contribution is -0.148. The molecule has 0 aliphatic carbocycles. The summed E-state index contributed by atoms with van der Waals surface area (Å²) in [7, 11) is 3.22. The number of carbonyl (C=O) groups excluding carboxylic acids is 2. The minimum atomic E-state index is -0.414. The van der Waals surface area contributed by atoms with Crippen LogP contribution in [0.5, 0.6) is 0 Å². The van der Waals surface area contributed by atoms with E-state index in [-0.39, 0.29) is 23.4 Å². The molecule has 1 unspecified atom stereocenters. The van der Waals surface area contributed by atoms with Gasteiger partial charge in [-0.05, 0) is 44.7 Å². The lowest BCUT2D eigenvalue weighted by Gasteiger charge is -2.35. The zero-order chi connectivity index (χ0) is 25.7. The number of nitrogens with zero attached hydrogens (tertiary/aromatic N) is 4. The first-order chi connectivity index (χ1) is 16.7. The smallest absolute Gasteiger partial charge is 0.310 e. The van der Waals surface area contributed by atoms with Gasteiger partial charge >= 0.3 is 5.97 Å². The van der Waals surface area contributed by atoms with Crippen LogP contribution in [0.15, 0.2) is 9.70 Å². The molecular weight excluding hydrogens is 488 g/mol. The second-order valence-electron chi connectivity index (χ2n) is 8.43. The number of rotatable bonds is 8. The Morgan fingerprint density at radius 3 is 2.77 bits per heavy atom. The average molecular weight is 519 g/mol. The molecule has 3 heterocycles. The van der Waals surface area contributed by atoms with Crippen LogP contribution in [-0.4, -0.2) is 65.6 Å². The number of hydrogen-bond acceptors (Lipinski definition) is 9. The van der Waals surface area contributed by atoms with Crippen LogP contribution in [0.25, 0.3) is 6.08 Å². The van der Waals surface area contributed by atoms with Gasteiger partial charge in [-0.1, -0.05) is 24.0 Å². The molecule has 9 nitrogen and oxygen atoms in total. The van der Waals surface area contributed by atoms with Gasteiger partial charge in [-0.2, -0.15) is 5.26 Å². The molecule has 1 aromatic heterocycles. The highest BCUT2D eigenvalue weighted by Crippen LogP contribution is 2.36. The summed E-state index contributed by atoms with van der Waals surface area (Å²) in [5.41, 5.74) is 0.707. The maximum Gasteiger partial charge on any atom is 0.310 e. The van der Waals surface area contributed by atoms with Crippen LogP contribution < -0.4 is 10.5 Å². The molecule has 0 bridgehead atoms. The topological polar surface area (TPSA) is 105 Å². The predicted molar refractivity (Wildman–Crippen MR) is 139 cm³/mol. The van der Waals surface area contributed by atoms with E-state index in [2.05, 4.69) is 0 Å². The summed E-state index contributed by atoms with van der Waals surface area (Å²) in [5.74, 6) is -0.213. The molecule has 0 aromatic carbocycles. The number of hydrogen-bond donors (Lipinski definition) is 0. The minimum absolute atomic E-state index is 0.0250. The van der Waals surface area contributed by atoms with Crippen LogP contribution in [0.3, 0.4) is 0 Å². The van der Waals surface area contributed by atoms with E-state index in [1.54, 1.807) is 39.0 Å². The molecule has 35 heavy (non-hydrogen) atoms. The first-order valence-electron chi connectivity index (χ1n) is 11.5. The van der Waals surface area contributed by atoms with Crippen molar-refractivity contribution in [1.82, 2.24) is 9.47 Å². The third-order valence-electron chi connectivity index (χ3n) is 6.19. The maximum absolute atomic E-state index is 13.1. The Kier molecular flexibility index (Phi) is 9.10. The quantitative estimate of drug-likeness (QED) is 0.222. The number of thioether (sulfide) groups is 1. The Bertz CT molecular complexity index is 1150. The monoisotopic (exact) mass is 518 g/mol. The normalized spacial score (nSPS) is 19.4. The number of nitriles is 1. The van der Waals surface area contributed by atoms with E-state index in [0.717, 1.165) is 6.42 Å². The van der Waals surface area contributed by atoms with Gasteiger partial charge in [0.2, 0.25) is 0 Å².